The van der Waals surface area contributed by atoms with Crippen molar-refractivity contribution in [3.05, 3.63) is 58.6 Å². The second-order valence-corrected chi connectivity index (χ2v) is 10.2. The van der Waals surface area contributed by atoms with E-state index in [4.69, 9.17) is 21.4 Å². The van der Waals surface area contributed by atoms with Crippen molar-refractivity contribution < 1.29 is 34.1 Å². The van der Waals surface area contributed by atoms with Crippen LogP contribution in [-0.4, -0.2) is 63.8 Å². The molecule has 196 valence electrons. The highest BCUT2D eigenvalue weighted by Crippen LogP contribution is 2.44. The zero-order valence-corrected chi connectivity index (χ0v) is 21.0. The van der Waals surface area contributed by atoms with Crippen LogP contribution in [0.5, 0.6) is 0 Å². The summed E-state index contributed by atoms with van der Waals surface area (Å²) in [7, 11) is 0. The minimum Gasteiger partial charge on any atom is -0.465 e. The van der Waals surface area contributed by atoms with E-state index in [0.717, 1.165) is 0 Å². The quantitative estimate of drug-likeness (QED) is 0.383. The Hall–Kier alpha value is -3.83. The van der Waals surface area contributed by atoms with Crippen LogP contribution in [0.1, 0.15) is 42.6 Å². The summed E-state index contributed by atoms with van der Waals surface area (Å²) < 4.78 is 5.68. The molecule has 0 saturated carbocycles. The average Bonchev–Trinajstić information content (AvgIpc) is 3.22. The van der Waals surface area contributed by atoms with E-state index in [1.807, 2.05) is 0 Å². The number of nitrogens with one attached hydrogen (secondary N) is 3. The molecule has 2 aromatic rings. The predicted octanol–water partition coefficient (Wildman–Crippen LogP) is 3.38. The third-order valence-corrected chi connectivity index (χ3v) is 6.48. The normalized spacial score (nSPS) is 19.5. The van der Waals surface area contributed by atoms with E-state index in [1.54, 1.807) is 18.2 Å². The zero-order chi connectivity index (χ0) is 27.0. The van der Waals surface area contributed by atoms with Crippen LogP contribution < -0.4 is 16.0 Å². The number of carbonyl (C=O) groups excluding carboxylic acids is 3. The van der Waals surface area contributed by atoms with E-state index < -0.39 is 41.2 Å². The summed E-state index contributed by atoms with van der Waals surface area (Å²) in [5.41, 5.74) is -0.660. The molecule has 11 nitrogen and oxygen atoms in total. The van der Waals surface area contributed by atoms with E-state index in [9.17, 15) is 24.3 Å². The van der Waals surface area contributed by atoms with Crippen molar-refractivity contribution in [1.82, 2.24) is 10.2 Å². The number of hydrogen-bond donors (Lipinski definition) is 5. The second kappa shape index (κ2) is 9.91. The summed E-state index contributed by atoms with van der Waals surface area (Å²) >= 11 is 6.19. The molecule has 2 aromatic carbocycles. The largest absolute Gasteiger partial charge is 0.465 e. The van der Waals surface area contributed by atoms with Gasteiger partial charge in [-0.05, 0) is 56.3 Å². The number of amides is 4. The van der Waals surface area contributed by atoms with E-state index >= 15 is 0 Å². The molecule has 2 aliphatic heterocycles. The average molecular weight is 531 g/mol. The maximum absolute atomic E-state index is 13.6. The van der Waals surface area contributed by atoms with Gasteiger partial charge in [-0.25, -0.2) is 9.59 Å². The number of carbonyl (C=O) groups is 4. The van der Waals surface area contributed by atoms with E-state index in [0.29, 0.717) is 22.7 Å². The molecule has 5 N–H and O–H groups in total. The molecule has 1 unspecified atom stereocenters. The Labute approximate surface area is 217 Å². The van der Waals surface area contributed by atoms with Crippen molar-refractivity contribution in [1.29, 1.82) is 0 Å². The van der Waals surface area contributed by atoms with Crippen LogP contribution in [0, 0.1) is 0 Å². The number of aliphatic hydroxyl groups is 1. The SMILES string of the molecule is CC(C)(O)C[C@H](NC(=O)c1ccc(NC(=O)O)cc1)C(=O)N1CCC2(C1)OC(=O)Nc1ccc(Cl)cc12. The lowest BCUT2D eigenvalue weighted by Crippen LogP contribution is -2.52. The third kappa shape index (κ3) is 5.95. The van der Waals surface area contributed by atoms with Gasteiger partial charge in [-0.15, -0.1) is 0 Å². The number of ether oxygens (including phenoxy) is 1. The maximum Gasteiger partial charge on any atom is 0.412 e. The van der Waals surface area contributed by atoms with Gasteiger partial charge in [0.15, 0.2) is 5.60 Å². The molecule has 0 bridgehead atoms. The first-order valence-corrected chi connectivity index (χ1v) is 12.0. The molecule has 2 aliphatic rings. The first kappa shape index (κ1) is 26.2. The molecule has 1 spiro atoms. The number of nitrogens with zero attached hydrogens (tertiary/aromatic N) is 1. The molecular weight excluding hydrogens is 504 g/mol. The van der Waals surface area contributed by atoms with Crippen molar-refractivity contribution in [3.8, 4) is 0 Å². The highest BCUT2D eigenvalue weighted by molar-refractivity contribution is 6.30. The third-order valence-electron chi connectivity index (χ3n) is 6.25. The number of carboxylic acid groups (broad SMARTS) is 1. The lowest BCUT2D eigenvalue weighted by Gasteiger charge is -2.36. The minimum absolute atomic E-state index is 0.0559. The lowest BCUT2D eigenvalue weighted by molar-refractivity contribution is -0.134. The summed E-state index contributed by atoms with van der Waals surface area (Å²) in [5.74, 6) is -1.00. The molecule has 12 heteroatoms. The molecule has 2 atom stereocenters. The van der Waals surface area contributed by atoms with Gasteiger partial charge in [0, 0.05) is 41.2 Å². The van der Waals surface area contributed by atoms with Crippen LogP contribution in [0.3, 0.4) is 0 Å². The Kier molecular flexibility index (Phi) is 7.03. The molecule has 37 heavy (non-hydrogen) atoms. The van der Waals surface area contributed by atoms with Crippen LogP contribution in [0.4, 0.5) is 21.0 Å². The summed E-state index contributed by atoms with van der Waals surface area (Å²) in [6.07, 6.45) is -1.60. The van der Waals surface area contributed by atoms with Gasteiger partial charge in [0.2, 0.25) is 5.91 Å². The fraction of sp³-hybridized carbons (Fsp3) is 0.360. The van der Waals surface area contributed by atoms with Gasteiger partial charge in [-0.1, -0.05) is 11.6 Å². The van der Waals surface area contributed by atoms with E-state index in [2.05, 4.69) is 16.0 Å². The second-order valence-electron chi connectivity index (χ2n) is 9.76. The van der Waals surface area contributed by atoms with Gasteiger partial charge >= 0.3 is 12.2 Å². The Bertz CT molecular complexity index is 1240. The van der Waals surface area contributed by atoms with Crippen molar-refractivity contribution in [3.63, 3.8) is 0 Å². The molecule has 4 rings (SSSR count). The Morgan fingerprint density at radius 2 is 1.92 bits per heavy atom. The first-order chi connectivity index (χ1) is 17.3. The molecular formula is C25H27ClN4O7. The molecule has 2 heterocycles. The highest BCUT2D eigenvalue weighted by atomic mass is 35.5. The molecule has 1 saturated heterocycles. The minimum atomic E-state index is -1.28. The van der Waals surface area contributed by atoms with E-state index in [1.165, 1.54) is 43.0 Å². The van der Waals surface area contributed by atoms with Crippen LogP contribution in [0.15, 0.2) is 42.5 Å². The van der Waals surface area contributed by atoms with Crippen LogP contribution in [0.2, 0.25) is 5.02 Å². The predicted molar refractivity (Wildman–Crippen MR) is 135 cm³/mol. The van der Waals surface area contributed by atoms with Gasteiger partial charge in [0.25, 0.3) is 5.91 Å². The Balaban J connectivity index is 1.54. The number of fused-ring (bicyclic) bond motifs is 2. The number of hydrogen-bond acceptors (Lipinski definition) is 6. The van der Waals surface area contributed by atoms with Crippen molar-refractivity contribution in [2.45, 2.75) is 43.9 Å². The van der Waals surface area contributed by atoms with Crippen molar-refractivity contribution >= 4 is 47.0 Å². The summed E-state index contributed by atoms with van der Waals surface area (Å²) in [6, 6.07) is 9.65. The summed E-state index contributed by atoms with van der Waals surface area (Å²) in [6.45, 7) is 3.38. The topological polar surface area (TPSA) is 157 Å². The first-order valence-electron chi connectivity index (χ1n) is 11.6. The summed E-state index contributed by atoms with van der Waals surface area (Å²) in [5, 5.41) is 27.2. The zero-order valence-electron chi connectivity index (χ0n) is 20.2. The Morgan fingerprint density at radius 1 is 1.22 bits per heavy atom. The molecule has 0 radical (unpaired) electrons. The van der Waals surface area contributed by atoms with Gasteiger partial charge in [-0.3, -0.25) is 20.2 Å². The van der Waals surface area contributed by atoms with Crippen molar-refractivity contribution in [2.24, 2.45) is 0 Å². The number of likely N-dealkylation sites (tertiary alicyclic amines) is 1. The smallest absolute Gasteiger partial charge is 0.412 e. The standard InChI is InChI=1S/C25H27ClN4O7/c1-24(2,36)12-19(28-20(31)14-3-6-16(7-4-14)27-22(33)34)21(32)30-10-9-25(13-30)17-11-15(26)5-8-18(17)29-23(35)37-25/h3-8,11,19,27,36H,9-10,12-13H2,1-2H3,(H,28,31)(H,29,35)(H,33,34)/t19-,25?/m0/s1. The van der Waals surface area contributed by atoms with Gasteiger partial charge in [0.05, 0.1) is 17.8 Å². The lowest BCUT2D eigenvalue weighted by atomic mass is 9.90. The summed E-state index contributed by atoms with van der Waals surface area (Å²) in [4.78, 5) is 51.1. The van der Waals surface area contributed by atoms with Gasteiger partial charge in [-0.2, -0.15) is 0 Å². The van der Waals surface area contributed by atoms with Gasteiger partial charge < -0.3 is 25.2 Å². The number of halogens is 1. The monoisotopic (exact) mass is 530 g/mol. The maximum atomic E-state index is 13.6. The van der Waals surface area contributed by atoms with Gasteiger partial charge in [0.1, 0.15) is 6.04 Å². The number of benzene rings is 2. The molecule has 0 aliphatic carbocycles. The highest BCUT2D eigenvalue weighted by Gasteiger charge is 2.49. The molecule has 4 amide bonds. The molecule has 1 fully saturated rings. The van der Waals surface area contributed by atoms with Crippen molar-refractivity contribution in [2.75, 3.05) is 23.7 Å². The molecule has 0 aromatic heterocycles. The number of anilines is 2. The van der Waals surface area contributed by atoms with E-state index in [-0.39, 0.29) is 30.8 Å². The van der Waals surface area contributed by atoms with Crippen LogP contribution in [0.25, 0.3) is 0 Å². The van der Waals surface area contributed by atoms with Crippen LogP contribution >= 0.6 is 11.6 Å². The fourth-order valence-corrected chi connectivity index (χ4v) is 4.81. The Morgan fingerprint density at radius 3 is 2.57 bits per heavy atom. The number of rotatable bonds is 6. The van der Waals surface area contributed by atoms with Crippen LogP contribution in [-0.2, 0) is 15.1 Å². The fourth-order valence-electron chi connectivity index (χ4n) is 4.63.